The van der Waals surface area contributed by atoms with Crippen molar-refractivity contribution in [2.45, 2.75) is 0 Å². The molecule has 11 aromatic rings. The maximum Gasteiger partial charge on any atom is 0.164 e. The normalized spacial score (nSPS) is 12.1. The van der Waals surface area contributed by atoms with E-state index in [4.69, 9.17) is 28.2 Å². The highest BCUT2D eigenvalue weighted by molar-refractivity contribution is 6.15. The lowest BCUT2D eigenvalue weighted by Gasteiger charge is -2.08. The van der Waals surface area contributed by atoms with E-state index in [2.05, 4.69) is 60.7 Å². The van der Waals surface area contributed by atoms with E-state index in [0.717, 1.165) is 93.3 Å². The molecule has 6 heteroatoms. The van der Waals surface area contributed by atoms with Gasteiger partial charge in [0, 0.05) is 54.4 Å². The number of benzene rings is 7. The van der Waals surface area contributed by atoms with Crippen LogP contribution in [0, 0.1) is 0 Å². The van der Waals surface area contributed by atoms with Gasteiger partial charge in [0.15, 0.2) is 17.5 Å². The monoisotopic (exact) mass is 629 g/mol. The maximum atomic E-state index is 6.52. The van der Waals surface area contributed by atoms with Gasteiger partial charge in [-0.2, -0.15) is 0 Å². The molecule has 0 bridgehead atoms. The first kappa shape index (κ1) is 26.3. The summed E-state index contributed by atoms with van der Waals surface area (Å²) < 4.78 is 19.0. The minimum Gasteiger partial charge on any atom is -0.456 e. The van der Waals surface area contributed by atoms with E-state index in [1.54, 1.807) is 0 Å². The van der Waals surface area contributed by atoms with Crippen molar-refractivity contribution < 1.29 is 13.3 Å². The van der Waals surface area contributed by atoms with E-state index in [9.17, 15) is 0 Å². The Kier molecular flexibility index (Phi) is 5.29. The van der Waals surface area contributed by atoms with Gasteiger partial charge in [0.05, 0.1) is 0 Å². The largest absolute Gasteiger partial charge is 0.456 e. The summed E-state index contributed by atoms with van der Waals surface area (Å²) in [7, 11) is 0. The van der Waals surface area contributed by atoms with Crippen molar-refractivity contribution >= 4 is 76.6 Å². The molecule has 0 spiro atoms. The van der Waals surface area contributed by atoms with Gasteiger partial charge in [-0.3, -0.25) is 0 Å². The molecular formula is C43H23N3O3. The quantitative estimate of drug-likeness (QED) is 0.193. The molecule has 0 amide bonds. The molecule has 49 heavy (non-hydrogen) atoms. The third kappa shape index (κ3) is 3.98. The summed E-state index contributed by atoms with van der Waals surface area (Å²) >= 11 is 0. The summed E-state index contributed by atoms with van der Waals surface area (Å²) in [6.45, 7) is 0. The van der Waals surface area contributed by atoms with Gasteiger partial charge in [0.1, 0.15) is 33.5 Å². The molecule has 0 atom stereocenters. The summed E-state index contributed by atoms with van der Waals surface area (Å²) in [5.41, 5.74) is 7.39. The van der Waals surface area contributed by atoms with Crippen LogP contribution >= 0.6 is 0 Å². The molecule has 0 unspecified atom stereocenters. The molecule has 0 radical (unpaired) electrons. The van der Waals surface area contributed by atoms with Crippen LogP contribution in [0.15, 0.2) is 153 Å². The zero-order valence-electron chi connectivity index (χ0n) is 25.8. The molecule has 11 rings (SSSR count). The van der Waals surface area contributed by atoms with Gasteiger partial charge in [-0.1, -0.05) is 84.9 Å². The lowest BCUT2D eigenvalue weighted by molar-refractivity contribution is 0.668. The van der Waals surface area contributed by atoms with Crippen LogP contribution in [-0.4, -0.2) is 15.0 Å². The molecule has 7 aromatic carbocycles. The topological polar surface area (TPSA) is 78.1 Å². The van der Waals surface area contributed by atoms with Crippen molar-refractivity contribution in [2.24, 2.45) is 0 Å². The Morgan fingerprint density at radius 3 is 1.27 bits per heavy atom. The van der Waals surface area contributed by atoms with Crippen LogP contribution in [0.5, 0.6) is 0 Å². The van der Waals surface area contributed by atoms with Crippen LogP contribution in [0.3, 0.4) is 0 Å². The van der Waals surface area contributed by atoms with E-state index in [1.165, 1.54) is 0 Å². The average molecular weight is 630 g/mol. The van der Waals surface area contributed by atoms with Crippen LogP contribution in [-0.2, 0) is 0 Å². The highest BCUT2D eigenvalue weighted by Gasteiger charge is 2.18. The Morgan fingerprint density at radius 1 is 0.306 bits per heavy atom. The average Bonchev–Trinajstić information content (AvgIpc) is 3.85. The van der Waals surface area contributed by atoms with E-state index in [-0.39, 0.29) is 0 Å². The Morgan fingerprint density at radius 2 is 0.714 bits per heavy atom. The highest BCUT2D eigenvalue weighted by Crippen LogP contribution is 2.38. The number of furan rings is 3. The summed E-state index contributed by atoms with van der Waals surface area (Å²) in [6.07, 6.45) is 0. The molecule has 0 fully saturated rings. The fraction of sp³-hybridized carbons (Fsp3) is 0. The first-order chi connectivity index (χ1) is 24.2. The molecule has 6 nitrogen and oxygen atoms in total. The molecule has 0 saturated carbocycles. The molecule has 0 aliphatic rings. The van der Waals surface area contributed by atoms with Crippen LogP contribution in [0.25, 0.3) is 111 Å². The van der Waals surface area contributed by atoms with E-state index in [0.29, 0.717) is 17.5 Å². The zero-order chi connectivity index (χ0) is 32.1. The predicted molar refractivity (Wildman–Crippen MR) is 195 cm³/mol. The second kappa shape index (κ2) is 9.86. The Labute approximate surface area is 277 Å². The van der Waals surface area contributed by atoms with Crippen molar-refractivity contribution in [3.05, 3.63) is 140 Å². The first-order valence-corrected chi connectivity index (χ1v) is 16.2. The Balaban J connectivity index is 1.12. The van der Waals surface area contributed by atoms with Crippen LogP contribution in [0.2, 0.25) is 0 Å². The van der Waals surface area contributed by atoms with Crippen LogP contribution < -0.4 is 0 Å². The molecular weight excluding hydrogens is 606 g/mol. The minimum absolute atomic E-state index is 0.543. The van der Waals surface area contributed by atoms with Gasteiger partial charge in [-0.05, 0) is 60.0 Å². The summed E-state index contributed by atoms with van der Waals surface area (Å²) in [5, 5.41) is 8.60. The summed E-state index contributed by atoms with van der Waals surface area (Å²) in [5.74, 6) is 1.63. The van der Waals surface area contributed by atoms with Crippen molar-refractivity contribution in [2.75, 3.05) is 0 Å². The standard InChI is InChI=1S/C43H23N3O3/c1-2-8-28-24(7-1)13-20-34-33-19-16-27(23-39(33)49-40(28)34)43-45-41(25-14-17-31-29-9-3-5-11-35(29)47-37(31)21-25)44-42(46-43)26-15-18-32-30-10-4-6-12-36(30)48-38(32)22-26/h1-23H. The smallest absolute Gasteiger partial charge is 0.164 e. The zero-order valence-corrected chi connectivity index (χ0v) is 25.8. The second-order valence-corrected chi connectivity index (χ2v) is 12.4. The molecule has 0 aliphatic carbocycles. The molecule has 228 valence electrons. The number of hydrogen-bond donors (Lipinski definition) is 0. The predicted octanol–water partition coefficient (Wildman–Crippen LogP) is 11.7. The Bertz CT molecular complexity index is 3000. The molecule has 4 heterocycles. The third-order valence-corrected chi connectivity index (χ3v) is 9.53. The second-order valence-electron chi connectivity index (χ2n) is 12.4. The number of nitrogens with zero attached hydrogens (tertiary/aromatic N) is 3. The minimum atomic E-state index is 0.543. The van der Waals surface area contributed by atoms with Crippen molar-refractivity contribution in [3.63, 3.8) is 0 Å². The number of fused-ring (bicyclic) bond motifs is 11. The van der Waals surface area contributed by atoms with E-state index in [1.807, 2.05) is 78.9 Å². The summed E-state index contributed by atoms with van der Waals surface area (Å²) in [6, 6.07) is 47.1. The number of hydrogen-bond acceptors (Lipinski definition) is 6. The molecule has 0 aliphatic heterocycles. The van der Waals surface area contributed by atoms with Gasteiger partial charge < -0.3 is 13.3 Å². The molecule has 4 aromatic heterocycles. The SMILES string of the molecule is c1ccc2c(c1)ccc1c3ccc(-c4nc(-c5ccc6c(c5)oc5ccccc56)nc(-c5ccc6c(c5)oc5ccccc56)n4)cc3oc21. The highest BCUT2D eigenvalue weighted by atomic mass is 16.3. The first-order valence-electron chi connectivity index (χ1n) is 16.2. The van der Waals surface area contributed by atoms with Gasteiger partial charge in [0.25, 0.3) is 0 Å². The molecule has 0 saturated heterocycles. The number of rotatable bonds is 3. The van der Waals surface area contributed by atoms with Gasteiger partial charge in [0.2, 0.25) is 0 Å². The van der Waals surface area contributed by atoms with E-state index >= 15 is 0 Å². The van der Waals surface area contributed by atoms with Gasteiger partial charge >= 0.3 is 0 Å². The lowest BCUT2D eigenvalue weighted by atomic mass is 10.0. The lowest BCUT2D eigenvalue weighted by Crippen LogP contribution is -2.00. The number of aromatic nitrogens is 3. The number of para-hydroxylation sites is 2. The van der Waals surface area contributed by atoms with Crippen molar-refractivity contribution in [3.8, 4) is 34.2 Å². The maximum absolute atomic E-state index is 6.52. The van der Waals surface area contributed by atoms with Crippen molar-refractivity contribution in [1.82, 2.24) is 15.0 Å². The van der Waals surface area contributed by atoms with Gasteiger partial charge in [-0.15, -0.1) is 0 Å². The van der Waals surface area contributed by atoms with Crippen molar-refractivity contribution in [1.29, 1.82) is 0 Å². The van der Waals surface area contributed by atoms with Crippen LogP contribution in [0.4, 0.5) is 0 Å². The van der Waals surface area contributed by atoms with Crippen LogP contribution in [0.1, 0.15) is 0 Å². The van der Waals surface area contributed by atoms with Gasteiger partial charge in [-0.25, -0.2) is 15.0 Å². The third-order valence-electron chi connectivity index (χ3n) is 9.53. The Hall–Kier alpha value is -6.79. The fourth-order valence-electron chi connectivity index (χ4n) is 7.14. The summed E-state index contributed by atoms with van der Waals surface area (Å²) in [4.78, 5) is 15.1. The van der Waals surface area contributed by atoms with E-state index < -0.39 is 0 Å². The molecule has 0 N–H and O–H groups in total. The fourth-order valence-corrected chi connectivity index (χ4v) is 7.14.